The summed E-state index contributed by atoms with van der Waals surface area (Å²) in [7, 11) is -3.92. The average molecular weight is 368 g/mol. The highest BCUT2D eigenvalue weighted by molar-refractivity contribution is 7.89. The van der Waals surface area contributed by atoms with Crippen LogP contribution in [-0.2, 0) is 19.6 Å². The Morgan fingerprint density at radius 1 is 1.12 bits per heavy atom. The van der Waals surface area contributed by atoms with Crippen molar-refractivity contribution in [1.29, 1.82) is 0 Å². The lowest BCUT2D eigenvalue weighted by Gasteiger charge is -2.33. The molecule has 0 aromatic heterocycles. The van der Waals surface area contributed by atoms with Crippen molar-refractivity contribution < 1.29 is 28.0 Å². The van der Waals surface area contributed by atoms with E-state index in [4.69, 9.17) is 0 Å². The van der Waals surface area contributed by atoms with Crippen LogP contribution >= 0.6 is 0 Å². The molecule has 134 valence electrons. The largest absolute Gasteiger partial charge is 0.545 e. The molecule has 1 fully saturated rings. The van der Waals surface area contributed by atoms with Crippen molar-refractivity contribution in [1.82, 2.24) is 9.21 Å². The first-order valence-corrected chi connectivity index (χ1v) is 8.58. The van der Waals surface area contributed by atoms with Gasteiger partial charge in [-0.05, 0) is 12.1 Å². The van der Waals surface area contributed by atoms with E-state index in [9.17, 15) is 33.2 Å². The Morgan fingerprint density at radius 2 is 1.76 bits per heavy atom. The molecule has 0 atom stereocenters. The molecule has 1 aromatic rings. The molecule has 0 bridgehead atoms. The van der Waals surface area contributed by atoms with Gasteiger partial charge in [0.2, 0.25) is 15.9 Å². The smallest absolute Gasteiger partial charge is 0.270 e. The van der Waals surface area contributed by atoms with Crippen LogP contribution in [0.15, 0.2) is 41.3 Å². The highest BCUT2D eigenvalue weighted by atomic mass is 32.2. The Hall–Kier alpha value is -2.79. The minimum absolute atomic E-state index is 0.00404. The number of amides is 1. The van der Waals surface area contributed by atoms with Crippen LogP contribution in [0.4, 0.5) is 5.69 Å². The number of rotatable bonds is 5. The highest BCUT2D eigenvalue weighted by Crippen LogP contribution is 2.22. The first-order chi connectivity index (χ1) is 11.7. The number of non-ortho nitro benzene ring substituents is 1. The Balaban J connectivity index is 2.09. The van der Waals surface area contributed by atoms with E-state index >= 15 is 0 Å². The zero-order valence-corrected chi connectivity index (χ0v) is 13.7. The summed E-state index contributed by atoms with van der Waals surface area (Å²) in [4.78, 5) is 33.3. The van der Waals surface area contributed by atoms with Crippen LogP contribution < -0.4 is 5.11 Å². The quantitative estimate of drug-likeness (QED) is 0.358. The fourth-order valence-electron chi connectivity index (χ4n) is 2.30. The van der Waals surface area contributed by atoms with E-state index in [1.165, 1.54) is 23.1 Å². The van der Waals surface area contributed by atoms with Gasteiger partial charge in [-0.1, -0.05) is 6.07 Å². The molecular formula is C14H14N3O7S-. The fourth-order valence-corrected chi connectivity index (χ4v) is 3.76. The molecule has 1 aliphatic heterocycles. The van der Waals surface area contributed by atoms with Gasteiger partial charge in [0.25, 0.3) is 5.69 Å². The maximum Gasteiger partial charge on any atom is 0.270 e. The van der Waals surface area contributed by atoms with Gasteiger partial charge < -0.3 is 14.8 Å². The molecule has 0 spiro atoms. The van der Waals surface area contributed by atoms with E-state index in [1.807, 2.05) is 0 Å². The van der Waals surface area contributed by atoms with Crippen molar-refractivity contribution >= 4 is 27.6 Å². The van der Waals surface area contributed by atoms with E-state index in [0.29, 0.717) is 6.08 Å². The normalized spacial score (nSPS) is 16.1. The molecular weight excluding hydrogens is 354 g/mol. The molecule has 1 amide bonds. The molecule has 0 unspecified atom stereocenters. The van der Waals surface area contributed by atoms with Gasteiger partial charge in [-0.15, -0.1) is 0 Å². The highest BCUT2D eigenvalue weighted by Gasteiger charge is 2.30. The van der Waals surface area contributed by atoms with E-state index in [1.54, 1.807) is 0 Å². The van der Waals surface area contributed by atoms with Crippen LogP contribution in [0.25, 0.3) is 0 Å². The minimum atomic E-state index is -3.92. The number of benzene rings is 1. The number of nitro groups is 1. The second kappa shape index (κ2) is 7.40. The summed E-state index contributed by atoms with van der Waals surface area (Å²) in [5.41, 5.74) is -0.331. The van der Waals surface area contributed by atoms with Crippen molar-refractivity contribution in [3.8, 4) is 0 Å². The Morgan fingerprint density at radius 3 is 2.32 bits per heavy atom. The maximum atomic E-state index is 12.6. The summed E-state index contributed by atoms with van der Waals surface area (Å²) in [6.45, 7) is 0.139. The predicted molar refractivity (Wildman–Crippen MR) is 82.6 cm³/mol. The topological polar surface area (TPSA) is 141 Å². The summed E-state index contributed by atoms with van der Waals surface area (Å²) in [6, 6.07) is 4.73. The molecule has 11 heteroatoms. The standard InChI is InChI=1S/C14H15N3O7S/c18-13(4-5-14(19)20)15-6-8-16(9-7-15)25(23,24)12-3-1-2-11(10-12)17(21)22/h1-5,10H,6-9H2,(H,19,20)/p-1/b5-4+. The van der Waals surface area contributed by atoms with E-state index in [0.717, 1.165) is 16.4 Å². The maximum absolute atomic E-state index is 12.6. The summed E-state index contributed by atoms with van der Waals surface area (Å²) in [6.07, 6.45) is 1.45. The molecule has 1 aromatic carbocycles. The number of piperazine rings is 1. The molecule has 25 heavy (non-hydrogen) atoms. The monoisotopic (exact) mass is 368 g/mol. The first kappa shape index (κ1) is 18.5. The van der Waals surface area contributed by atoms with Gasteiger partial charge in [0.1, 0.15) is 0 Å². The summed E-state index contributed by atoms with van der Waals surface area (Å²) >= 11 is 0. The number of carbonyl (C=O) groups is 2. The van der Waals surface area contributed by atoms with Gasteiger partial charge in [-0.3, -0.25) is 14.9 Å². The lowest BCUT2D eigenvalue weighted by atomic mass is 10.3. The third-order valence-electron chi connectivity index (χ3n) is 3.58. The van der Waals surface area contributed by atoms with Crippen molar-refractivity contribution in [3.05, 3.63) is 46.5 Å². The summed E-state index contributed by atoms with van der Waals surface area (Å²) in [5.74, 6) is -2.06. The van der Waals surface area contributed by atoms with Crippen molar-refractivity contribution in [2.24, 2.45) is 0 Å². The number of nitro benzene ring substituents is 1. The van der Waals surface area contributed by atoms with Gasteiger partial charge in [0, 0.05) is 44.4 Å². The molecule has 0 saturated carbocycles. The number of carbonyl (C=O) groups excluding carboxylic acids is 2. The predicted octanol–water partition coefficient (Wildman–Crippen LogP) is -1.27. The van der Waals surface area contributed by atoms with Crippen LogP contribution in [0.3, 0.4) is 0 Å². The Bertz CT molecular complexity index is 827. The third-order valence-corrected chi connectivity index (χ3v) is 5.47. The number of nitrogens with zero attached hydrogens (tertiary/aromatic N) is 3. The molecule has 1 aliphatic rings. The first-order valence-electron chi connectivity index (χ1n) is 7.14. The zero-order valence-electron chi connectivity index (χ0n) is 12.9. The van der Waals surface area contributed by atoms with Crippen LogP contribution in [0, 0.1) is 10.1 Å². The number of sulfonamides is 1. The lowest BCUT2D eigenvalue weighted by Crippen LogP contribution is -2.50. The minimum Gasteiger partial charge on any atom is -0.545 e. The van der Waals surface area contributed by atoms with E-state index < -0.39 is 26.8 Å². The number of aliphatic carboxylic acids is 1. The fraction of sp³-hybridized carbons (Fsp3) is 0.286. The lowest BCUT2D eigenvalue weighted by molar-refractivity contribution is -0.385. The molecule has 0 aliphatic carbocycles. The van der Waals surface area contributed by atoms with Gasteiger partial charge in [0.15, 0.2) is 0 Å². The van der Waals surface area contributed by atoms with Crippen LogP contribution in [0.5, 0.6) is 0 Å². The van der Waals surface area contributed by atoms with Crippen LogP contribution in [0.1, 0.15) is 0 Å². The van der Waals surface area contributed by atoms with Gasteiger partial charge in [0.05, 0.1) is 15.8 Å². The van der Waals surface area contributed by atoms with Gasteiger partial charge >= 0.3 is 0 Å². The van der Waals surface area contributed by atoms with Crippen LogP contribution in [0.2, 0.25) is 0 Å². The molecule has 1 heterocycles. The SMILES string of the molecule is O=C([O-])/C=C/C(=O)N1CCN(S(=O)(=O)c2cccc([N+](=O)[O-])c2)CC1. The summed E-state index contributed by atoms with van der Waals surface area (Å²) < 4.78 is 26.2. The van der Waals surface area contributed by atoms with Gasteiger partial charge in [-0.25, -0.2) is 8.42 Å². The molecule has 0 radical (unpaired) electrons. The van der Waals surface area contributed by atoms with Gasteiger partial charge in [-0.2, -0.15) is 4.31 Å². The molecule has 2 rings (SSSR count). The van der Waals surface area contributed by atoms with E-state index in [-0.39, 0.29) is 36.8 Å². The number of hydrogen-bond acceptors (Lipinski definition) is 7. The third kappa shape index (κ3) is 4.39. The summed E-state index contributed by atoms with van der Waals surface area (Å²) in [5, 5.41) is 21.1. The molecule has 10 nitrogen and oxygen atoms in total. The second-order valence-electron chi connectivity index (χ2n) is 5.14. The number of hydrogen-bond donors (Lipinski definition) is 0. The van der Waals surface area contributed by atoms with Crippen molar-refractivity contribution in [3.63, 3.8) is 0 Å². The second-order valence-corrected chi connectivity index (χ2v) is 7.07. The average Bonchev–Trinajstić information content (AvgIpc) is 2.59. The Labute approximate surface area is 143 Å². The van der Waals surface area contributed by atoms with E-state index in [2.05, 4.69) is 0 Å². The molecule has 0 N–H and O–H groups in total. The van der Waals surface area contributed by atoms with Crippen LogP contribution in [-0.4, -0.2) is 60.6 Å². The zero-order chi connectivity index (χ0) is 18.6. The van der Waals surface area contributed by atoms with Crippen molar-refractivity contribution in [2.45, 2.75) is 4.90 Å². The number of carboxylic acid groups (broad SMARTS) is 1. The molecule has 1 saturated heterocycles. The Kier molecular flexibility index (Phi) is 5.49. The van der Waals surface area contributed by atoms with Crippen molar-refractivity contribution in [2.75, 3.05) is 26.2 Å². The number of carboxylic acids is 1.